The van der Waals surface area contributed by atoms with Gasteiger partial charge in [-0.2, -0.15) is 0 Å². The van der Waals surface area contributed by atoms with Crippen LogP contribution in [0.2, 0.25) is 0 Å². The van der Waals surface area contributed by atoms with Crippen molar-refractivity contribution in [1.29, 1.82) is 0 Å². The summed E-state index contributed by atoms with van der Waals surface area (Å²) in [5.41, 5.74) is 7.35. The Bertz CT molecular complexity index is 1170. The smallest absolute Gasteiger partial charge is 0.349 e. The number of benzene rings is 2. The average Bonchev–Trinajstić information content (AvgIpc) is 3.36. The van der Waals surface area contributed by atoms with Crippen LogP contribution >= 0.6 is 18.9 Å². The van der Waals surface area contributed by atoms with Crippen molar-refractivity contribution < 1.29 is 27.9 Å². The lowest BCUT2D eigenvalue weighted by molar-refractivity contribution is -0.140. The summed E-state index contributed by atoms with van der Waals surface area (Å²) in [5.74, 6) is -1.13. The van der Waals surface area contributed by atoms with Crippen molar-refractivity contribution in [2.75, 3.05) is 31.4 Å². The lowest BCUT2D eigenvalue weighted by Crippen LogP contribution is -2.18. The number of hydrogen-bond donors (Lipinski definition) is 2. The summed E-state index contributed by atoms with van der Waals surface area (Å²) in [4.78, 5) is 26.4. The summed E-state index contributed by atoms with van der Waals surface area (Å²) in [6.45, 7) is 3.51. The highest BCUT2D eigenvalue weighted by Gasteiger charge is 2.43. The van der Waals surface area contributed by atoms with E-state index in [2.05, 4.69) is 5.32 Å². The summed E-state index contributed by atoms with van der Waals surface area (Å²) in [6, 6.07) is 15.5. The largest absolute Gasteiger partial charge is 0.468 e. The number of hydrogen-bond acceptors (Lipinski definition) is 8. The zero-order valence-electron chi connectivity index (χ0n) is 19.1. The molecule has 2 aromatic carbocycles. The first kappa shape index (κ1) is 25.6. The molecule has 0 bridgehead atoms. The molecule has 34 heavy (non-hydrogen) atoms. The maximum absolute atomic E-state index is 13.3. The standard InChI is InChI=1S/C24H27N2O6PS/c1-4-31-33(29,32-5-2)22(24(28)30-3)16-8-10-17(11-9-16)23(27)26-20-15-18(12-13-19(20)25)21-7-6-14-34-21/h6-15,22H,4-5,25H2,1-3H3,(H,26,27). The van der Waals surface area contributed by atoms with Crippen LogP contribution in [0.1, 0.15) is 35.4 Å². The first-order valence-corrected chi connectivity index (χ1v) is 13.1. The summed E-state index contributed by atoms with van der Waals surface area (Å²) < 4.78 is 28.9. The Kier molecular flexibility index (Phi) is 8.63. The fourth-order valence-corrected chi connectivity index (χ4v) is 6.09. The molecule has 1 aromatic heterocycles. The topological polar surface area (TPSA) is 117 Å². The van der Waals surface area contributed by atoms with Gasteiger partial charge in [0, 0.05) is 10.4 Å². The van der Waals surface area contributed by atoms with Gasteiger partial charge in [-0.25, -0.2) is 0 Å². The lowest BCUT2D eigenvalue weighted by Gasteiger charge is -2.24. The van der Waals surface area contributed by atoms with Crippen molar-refractivity contribution in [3.63, 3.8) is 0 Å². The molecule has 1 amide bonds. The maximum atomic E-state index is 13.3. The molecule has 10 heteroatoms. The second-order valence-corrected chi connectivity index (χ2v) is 10.2. The summed E-state index contributed by atoms with van der Waals surface area (Å²) in [7, 11) is -2.64. The van der Waals surface area contributed by atoms with Crippen molar-refractivity contribution in [3.05, 3.63) is 71.1 Å². The highest BCUT2D eigenvalue weighted by molar-refractivity contribution is 7.55. The van der Waals surface area contributed by atoms with E-state index in [4.69, 9.17) is 19.5 Å². The number of amides is 1. The Morgan fingerprint density at radius 2 is 1.74 bits per heavy atom. The quantitative estimate of drug-likeness (QED) is 0.207. The third-order valence-electron chi connectivity index (χ3n) is 4.95. The van der Waals surface area contributed by atoms with Crippen molar-refractivity contribution in [3.8, 4) is 10.4 Å². The van der Waals surface area contributed by atoms with Crippen molar-refractivity contribution in [2.24, 2.45) is 0 Å². The number of ether oxygens (including phenoxy) is 1. The number of anilines is 2. The molecule has 8 nitrogen and oxygen atoms in total. The van der Waals surface area contributed by atoms with Crippen LogP contribution in [-0.2, 0) is 23.1 Å². The number of methoxy groups -OCH3 is 1. The second kappa shape index (κ2) is 11.4. The van der Waals surface area contributed by atoms with Gasteiger partial charge < -0.3 is 24.8 Å². The first-order valence-electron chi connectivity index (χ1n) is 10.6. The Balaban J connectivity index is 1.85. The minimum atomic E-state index is -3.84. The molecule has 1 heterocycles. The normalized spacial score (nSPS) is 12.2. The van der Waals surface area contributed by atoms with Crippen LogP contribution in [0.3, 0.4) is 0 Å². The molecule has 180 valence electrons. The first-order chi connectivity index (χ1) is 16.3. The monoisotopic (exact) mass is 502 g/mol. The van der Waals surface area contributed by atoms with E-state index >= 15 is 0 Å². The third kappa shape index (κ3) is 5.74. The van der Waals surface area contributed by atoms with Crippen LogP contribution in [0.15, 0.2) is 60.0 Å². The van der Waals surface area contributed by atoms with E-state index in [1.54, 1.807) is 31.3 Å². The number of nitrogen functional groups attached to an aromatic ring is 1. The Morgan fingerprint density at radius 1 is 1.06 bits per heavy atom. The Hall–Kier alpha value is -2.97. The van der Waals surface area contributed by atoms with Gasteiger partial charge in [-0.1, -0.05) is 24.3 Å². The van der Waals surface area contributed by atoms with Gasteiger partial charge in [0.2, 0.25) is 0 Å². The third-order valence-corrected chi connectivity index (χ3v) is 8.25. The van der Waals surface area contributed by atoms with Gasteiger partial charge in [0.25, 0.3) is 5.91 Å². The zero-order valence-corrected chi connectivity index (χ0v) is 20.9. The number of carbonyl (C=O) groups excluding carboxylic acids is 2. The molecule has 0 spiro atoms. The fourth-order valence-electron chi connectivity index (χ4n) is 3.38. The van der Waals surface area contributed by atoms with Gasteiger partial charge in [0.1, 0.15) is 0 Å². The lowest BCUT2D eigenvalue weighted by atomic mass is 10.1. The summed E-state index contributed by atoms with van der Waals surface area (Å²) in [6.07, 6.45) is 0. The van der Waals surface area contributed by atoms with Crippen LogP contribution in [0.4, 0.5) is 11.4 Å². The van der Waals surface area contributed by atoms with E-state index in [0.29, 0.717) is 22.5 Å². The van der Waals surface area contributed by atoms with E-state index in [-0.39, 0.29) is 19.1 Å². The zero-order chi connectivity index (χ0) is 24.7. The van der Waals surface area contributed by atoms with Crippen LogP contribution in [0, 0.1) is 0 Å². The number of esters is 1. The van der Waals surface area contributed by atoms with Gasteiger partial charge in [-0.3, -0.25) is 14.2 Å². The van der Waals surface area contributed by atoms with E-state index < -0.39 is 19.2 Å². The molecule has 1 unspecified atom stereocenters. The van der Waals surface area contributed by atoms with Crippen LogP contribution < -0.4 is 11.1 Å². The molecule has 3 N–H and O–H groups in total. The molecule has 0 aliphatic rings. The van der Waals surface area contributed by atoms with Gasteiger partial charge in [-0.15, -0.1) is 11.3 Å². The van der Waals surface area contributed by atoms with E-state index in [0.717, 1.165) is 10.4 Å². The van der Waals surface area contributed by atoms with E-state index in [1.165, 1.54) is 31.4 Å². The number of nitrogens with one attached hydrogen (secondary N) is 1. The average molecular weight is 503 g/mol. The number of thiophene rings is 1. The number of carbonyl (C=O) groups is 2. The minimum absolute atomic E-state index is 0.0945. The molecule has 3 rings (SSSR count). The number of nitrogens with two attached hydrogens (primary N) is 1. The van der Waals surface area contributed by atoms with Crippen LogP contribution in [0.5, 0.6) is 0 Å². The Morgan fingerprint density at radius 3 is 2.29 bits per heavy atom. The summed E-state index contributed by atoms with van der Waals surface area (Å²) >= 11 is 1.59. The van der Waals surface area contributed by atoms with Gasteiger partial charge in [-0.05, 0) is 60.7 Å². The highest BCUT2D eigenvalue weighted by atomic mass is 32.1. The second-order valence-electron chi connectivity index (χ2n) is 7.16. The number of rotatable bonds is 10. The maximum Gasteiger partial charge on any atom is 0.349 e. The molecule has 0 radical (unpaired) electrons. The van der Waals surface area contributed by atoms with Crippen LogP contribution in [0.25, 0.3) is 10.4 Å². The molecule has 3 aromatic rings. The molecular formula is C24H27N2O6PS. The summed E-state index contributed by atoms with van der Waals surface area (Å²) in [5, 5.41) is 4.80. The van der Waals surface area contributed by atoms with Crippen molar-refractivity contribution in [2.45, 2.75) is 19.5 Å². The van der Waals surface area contributed by atoms with E-state index in [1.807, 2.05) is 29.6 Å². The van der Waals surface area contributed by atoms with Crippen molar-refractivity contribution in [1.82, 2.24) is 0 Å². The van der Waals surface area contributed by atoms with E-state index in [9.17, 15) is 14.2 Å². The predicted octanol–water partition coefficient (Wildman–Crippen LogP) is 5.73. The highest BCUT2D eigenvalue weighted by Crippen LogP contribution is 2.61. The molecule has 0 aliphatic heterocycles. The van der Waals surface area contributed by atoms with Gasteiger partial charge in [0.05, 0.1) is 31.7 Å². The van der Waals surface area contributed by atoms with Gasteiger partial charge >= 0.3 is 13.6 Å². The molecular weight excluding hydrogens is 475 g/mol. The van der Waals surface area contributed by atoms with Gasteiger partial charge in [0.15, 0.2) is 5.66 Å². The molecule has 0 aliphatic carbocycles. The molecule has 0 fully saturated rings. The SMILES string of the molecule is CCOP(=O)(OCC)C(C(=O)OC)c1ccc(C(=O)Nc2cc(-c3cccs3)ccc2N)cc1. The fraction of sp³-hybridized carbons (Fsp3) is 0.250. The minimum Gasteiger partial charge on any atom is -0.468 e. The molecule has 0 saturated carbocycles. The molecule has 1 atom stereocenters. The predicted molar refractivity (Wildman–Crippen MR) is 134 cm³/mol. The van der Waals surface area contributed by atoms with Crippen molar-refractivity contribution >= 4 is 42.2 Å². The van der Waals surface area contributed by atoms with Crippen LogP contribution in [-0.4, -0.2) is 32.2 Å². The molecule has 0 saturated heterocycles. The Labute approximate surface area is 202 Å².